The zero-order valence-corrected chi connectivity index (χ0v) is 17.6. The number of rotatable bonds is 5. The third-order valence-corrected chi connectivity index (χ3v) is 4.40. The fraction of sp³-hybridized carbons (Fsp3) is 0.381. The monoisotopic (exact) mass is 418 g/mol. The van der Waals surface area contributed by atoms with Crippen LogP contribution < -0.4 is 10.6 Å². The van der Waals surface area contributed by atoms with Gasteiger partial charge in [-0.3, -0.25) is 0 Å². The number of anilines is 1. The van der Waals surface area contributed by atoms with E-state index < -0.39 is 11.7 Å². The molecule has 0 bridgehead atoms. The molecule has 2 rings (SSSR count). The van der Waals surface area contributed by atoms with E-state index in [1.807, 2.05) is 52.8 Å². The van der Waals surface area contributed by atoms with Crippen molar-refractivity contribution in [2.24, 2.45) is 0 Å². The van der Waals surface area contributed by atoms with Gasteiger partial charge in [0.2, 0.25) is 0 Å². The molecule has 1 amide bonds. The minimum absolute atomic E-state index is 0.195. The molecule has 5 heteroatoms. The quantitative estimate of drug-likeness (QED) is 0.629. The van der Waals surface area contributed by atoms with E-state index in [0.29, 0.717) is 6.54 Å². The number of amides is 1. The lowest BCUT2D eigenvalue weighted by Crippen LogP contribution is -2.34. The molecule has 26 heavy (non-hydrogen) atoms. The molecule has 0 radical (unpaired) electrons. The van der Waals surface area contributed by atoms with Crippen molar-refractivity contribution in [2.45, 2.75) is 52.8 Å². The minimum Gasteiger partial charge on any atom is -0.444 e. The Hall–Kier alpha value is -2.01. The number of halogens is 1. The van der Waals surface area contributed by atoms with Crippen LogP contribution in [0.1, 0.15) is 50.4 Å². The summed E-state index contributed by atoms with van der Waals surface area (Å²) in [6, 6.07) is 14.2. The third kappa shape index (κ3) is 6.06. The Morgan fingerprint density at radius 1 is 1.19 bits per heavy atom. The molecular formula is C21H27BrN2O2. The fourth-order valence-electron chi connectivity index (χ4n) is 2.65. The van der Waals surface area contributed by atoms with E-state index >= 15 is 0 Å². The van der Waals surface area contributed by atoms with Crippen molar-refractivity contribution in [3.8, 4) is 0 Å². The molecule has 0 aliphatic heterocycles. The van der Waals surface area contributed by atoms with Gasteiger partial charge in [0.15, 0.2) is 0 Å². The van der Waals surface area contributed by atoms with Crippen LogP contribution in [0.4, 0.5) is 10.5 Å². The molecule has 0 aliphatic carbocycles. The summed E-state index contributed by atoms with van der Waals surface area (Å²) in [4.78, 5) is 12.1. The largest absolute Gasteiger partial charge is 0.444 e. The van der Waals surface area contributed by atoms with Crippen molar-refractivity contribution in [3.63, 3.8) is 0 Å². The molecule has 0 aliphatic rings. The molecule has 0 unspecified atom stereocenters. The van der Waals surface area contributed by atoms with E-state index in [0.717, 1.165) is 21.3 Å². The normalized spacial score (nSPS) is 12.4. The van der Waals surface area contributed by atoms with E-state index in [1.165, 1.54) is 5.56 Å². The average molecular weight is 419 g/mol. The standard InChI is InChI=1S/C21H27BrN2O2/c1-14-11-17(15(2)24-20(25)26-21(3,4)5)19(18(22)12-14)23-13-16-9-7-6-8-10-16/h6-12,15,23H,13H2,1-5H3,(H,24,25)/t15-/m1/s1. The average Bonchev–Trinajstić information content (AvgIpc) is 2.52. The first-order valence-electron chi connectivity index (χ1n) is 8.73. The van der Waals surface area contributed by atoms with Crippen LogP contribution in [0, 0.1) is 6.92 Å². The highest BCUT2D eigenvalue weighted by atomic mass is 79.9. The Bertz CT molecular complexity index is 755. The Labute approximate surface area is 164 Å². The van der Waals surface area contributed by atoms with Gasteiger partial charge >= 0.3 is 6.09 Å². The molecule has 2 N–H and O–H groups in total. The molecule has 2 aromatic rings. The van der Waals surface area contributed by atoms with Crippen LogP contribution in [0.2, 0.25) is 0 Å². The van der Waals surface area contributed by atoms with Gasteiger partial charge in [-0.05, 0) is 73.3 Å². The van der Waals surface area contributed by atoms with Gasteiger partial charge in [0, 0.05) is 11.0 Å². The van der Waals surface area contributed by atoms with Crippen LogP contribution in [0.25, 0.3) is 0 Å². The van der Waals surface area contributed by atoms with Crippen LogP contribution in [-0.2, 0) is 11.3 Å². The Balaban J connectivity index is 2.19. The summed E-state index contributed by atoms with van der Waals surface area (Å²) in [5, 5.41) is 6.41. The summed E-state index contributed by atoms with van der Waals surface area (Å²) in [7, 11) is 0. The fourth-order valence-corrected chi connectivity index (χ4v) is 3.38. The molecular weight excluding hydrogens is 392 g/mol. The van der Waals surface area contributed by atoms with Crippen LogP contribution in [0.5, 0.6) is 0 Å². The number of benzene rings is 2. The maximum absolute atomic E-state index is 12.1. The van der Waals surface area contributed by atoms with Crippen LogP contribution in [0.15, 0.2) is 46.9 Å². The summed E-state index contributed by atoms with van der Waals surface area (Å²) in [6.45, 7) is 10.3. The van der Waals surface area contributed by atoms with E-state index in [1.54, 1.807) is 0 Å². The highest BCUT2D eigenvalue weighted by Gasteiger charge is 2.20. The Kier molecular flexibility index (Phi) is 6.70. The smallest absolute Gasteiger partial charge is 0.408 e. The topological polar surface area (TPSA) is 50.4 Å². The second-order valence-corrected chi connectivity index (χ2v) is 8.27. The van der Waals surface area contributed by atoms with Crippen molar-refractivity contribution >= 4 is 27.7 Å². The van der Waals surface area contributed by atoms with Crippen molar-refractivity contribution < 1.29 is 9.53 Å². The number of alkyl carbamates (subject to hydrolysis) is 1. The first-order valence-corrected chi connectivity index (χ1v) is 9.52. The zero-order chi connectivity index (χ0) is 19.3. The summed E-state index contributed by atoms with van der Waals surface area (Å²) in [5.41, 5.74) is 3.78. The molecule has 0 spiro atoms. The SMILES string of the molecule is Cc1cc(Br)c(NCc2ccccc2)c([C@@H](C)NC(=O)OC(C)(C)C)c1. The number of nitrogens with one attached hydrogen (secondary N) is 2. The van der Waals surface area contributed by atoms with Gasteiger partial charge < -0.3 is 15.4 Å². The molecule has 0 saturated heterocycles. The number of carbonyl (C=O) groups excluding carboxylic acids is 1. The number of aryl methyl sites for hydroxylation is 1. The Morgan fingerprint density at radius 3 is 2.46 bits per heavy atom. The van der Waals surface area contributed by atoms with Gasteiger partial charge in [0.1, 0.15) is 5.60 Å². The molecule has 140 valence electrons. The Morgan fingerprint density at radius 2 is 1.85 bits per heavy atom. The molecule has 4 nitrogen and oxygen atoms in total. The number of hydrogen-bond acceptors (Lipinski definition) is 3. The van der Waals surface area contributed by atoms with Crippen LogP contribution in [-0.4, -0.2) is 11.7 Å². The highest BCUT2D eigenvalue weighted by Crippen LogP contribution is 2.33. The summed E-state index contributed by atoms with van der Waals surface area (Å²) in [5.74, 6) is 0. The van der Waals surface area contributed by atoms with Gasteiger partial charge in [0.25, 0.3) is 0 Å². The van der Waals surface area contributed by atoms with E-state index in [2.05, 4.69) is 50.8 Å². The van der Waals surface area contributed by atoms with Crippen molar-refractivity contribution in [1.29, 1.82) is 0 Å². The van der Waals surface area contributed by atoms with Gasteiger partial charge in [-0.1, -0.05) is 36.4 Å². The molecule has 0 saturated carbocycles. The van der Waals surface area contributed by atoms with E-state index in [9.17, 15) is 4.79 Å². The molecule has 2 aromatic carbocycles. The molecule has 0 aromatic heterocycles. The minimum atomic E-state index is -0.522. The summed E-state index contributed by atoms with van der Waals surface area (Å²) in [6.07, 6.45) is -0.420. The lowest BCUT2D eigenvalue weighted by molar-refractivity contribution is 0.0508. The first-order chi connectivity index (χ1) is 12.2. The second-order valence-electron chi connectivity index (χ2n) is 7.42. The predicted molar refractivity (Wildman–Crippen MR) is 110 cm³/mol. The number of carbonyl (C=O) groups is 1. The summed E-state index contributed by atoms with van der Waals surface area (Å²) >= 11 is 3.65. The number of hydrogen-bond donors (Lipinski definition) is 2. The molecule has 1 atom stereocenters. The zero-order valence-electron chi connectivity index (χ0n) is 16.0. The van der Waals surface area contributed by atoms with E-state index in [-0.39, 0.29) is 6.04 Å². The first kappa shape index (κ1) is 20.3. The van der Waals surface area contributed by atoms with Crippen molar-refractivity contribution in [3.05, 3.63) is 63.6 Å². The maximum Gasteiger partial charge on any atom is 0.408 e. The van der Waals surface area contributed by atoms with E-state index in [4.69, 9.17) is 4.74 Å². The molecule has 0 heterocycles. The van der Waals surface area contributed by atoms with Gasteiger partial charge in [-0.2, -0.15) is 0 Å². The van der Waals surface area contributed by atoms with Crippen LogP contribution >= 0.6 is 15.9 Å². The van der Waals surface area contributed by atoms with Crippen molar-refractivity contribution in [1.82, 2.24) is 5.32 Å². The number of ether oxygens (including phenoxy) is 1. The van der Waals surface area contributed by atoms with Crippen LogP contribution in [0.3, 0.4) is 0 Å². The highest BCUT2D eigenvalue weighted by molar-refractivity contribution is 9.10. The van der Waals surface area contributed by atoms with Gasteiger partial charge in [-0.15, -0.1) is 0 Å². The van der Waals surface area contributed by atoms with Gasteiger partial charge in [0.05, 0.1) is 11.7 Å². The van der Waals surface area contributed by atoms with Crippen molar-refractivity contribution in [2.75, 3.05) is 5.32 Å². The lowest BCUT2D eigenvalue weighted by atomic mass is 10.0. The maximum atomic E-state index is 12.1. The van der Waals surface area contributed by atoms with Gasteiger partial charge in [-0.25, -0.2) is 4.79 Å². The molecule has 0 fully saturated rings. The summed E-state index contributed by atoms with van der Waals surface area (Å²) < 4.78 is 6.35. The third-order valence-electron chi connectivity index (χ3n) is 3.78. The predicted octanol–water partition coefficient (Wildman–Crippen LogP) is 5.96. The second kappa shape index (κ2) is 8.58. The lowest BCUT2D eigenvalue weighted by Gasteiger charge is -2.24.